The summed E-state index contributed by atoms with van der Waals surface area (Å²) in [6.07, 6.45) is 1.72. The molecule has 0 unspecified atom stereocenters. The summed E-state index contributed by atoms with van der Waals surface area (Å²) in [5.74, 6) is 0. The zero-order chi connectivity index (χ0) is 17.3. The van der Waals surface area contributed by atoms with Gasteiger partial charge in [-0.1, -0.05) is 32.4 Å². The first-order valence-corrected chi connectivity index (χ1v) is 9.40. The van der Waals surface area contributed by atoms with E-state index in [1.165, 1.54) is 0 Å². The van der Waals surface area contributed by atoms with Gasteiger partial charge < -0.3 is 0 Å². The van der Waals surface area contributed by atoms with E-state index in [1.807, 2.05) is 20.8 Å². The number of aryl methyl sites for hydroxylation is 2. The van der Waals surface area contributed by atoms with Gasteiger partial charge in [0.1, 0.15) is 0 Å². The van der Waals surface area contributed by atoms with Crippen molar-refractivity contribution in [2.45, 2.75) is 71.7 Å². The zero-order valence-corrected chi connectivity index (χ0v) is 16.2. The zero-order valence-electron chi connectivity index (χ0n) is 14.7. The standard InChI is InChI=1S/C17H28ClNO2S/c1-12-11-15(13(2)10-14(12)18)22(20,21)19-17(6,7)9-8-16(3,4)5/h10-11,19H,8-9H2,1-7H3. The van der Waals surface area contributed by atoms with Crippen LogP contribution in [0.3, 0.4) is 0 Å². The molecule has 1 aromatic carbocycles. The highest BCUT2D eigenvalue weighted by atomic mass is 35.5. The van der Waals surface area contributed by atoms with Crippen LogP contribution in [0.25, 0.3) is 0 Å². The summed E-state index contributed by atoms with van der Waals surface area (Å²) < 4.78 is 28.2. The highest BCUT2D eigenvalue weighted by Crippen LogP contribution is 2.28. The van der Waals surface area contributed by atoms with Crippen LogP contribution in [0.4, 0.5) is 0 Å². The van der Waals surface area contributed by atoms with E-state index in [4.69, 9.17) is 11.6 Å². The molecule has 0 spiro atoms. The number of benzene rings is 1. The molecule has 0 radical (unpaired) electrons. The number of hydrogen-bond acceptors (Lipinski definition) is 2. The molecule has 3 nitrogen and oxygen atoms in total. The predicted octanol–water partition coefficient (Wildman–Crippen LogP) is 4.84. The molecule has 1 N–H and O–H groups in total. The maximum Gasteiger partial charge on any atom is 0.241 e. The highest BCUT2D eigenvalue weighted by Gasteiger charge is 2.29. The van der Waals surface area contributed by atoms with E-state index in [-0.39, 0.29) is 5.41 Å². The molecule has 0 aliphatic carbocycles. The second kappa shape index (κ2) is 6.50. The number of rotatable bonds is 5. The molecule has 0 bridgehead atoms. The predicted molar refractivity (Wildman–Crippen MR) is 94.0 cm³/mol. The lowest BCUT2D eigenvalue weighted by molar-refractivity contribution is 0.302. The van der Waals surface area contributed by atoms with Gasteiger partial charge in [0.15, 0.2) is 0 Å². The van der Waals surface area contributed by atoms with Crippen molar-refractivity contribution in [3.05, 3.63) is 28.3 Å². The van der Waals surface area contributed by atoms with Crippen LogP contribution in [0.2, 0.25) is 5.02 Å². The molecule has 0 atom stereocenters. The molecule has 126 valence electrons. The molecule has 0 aromatic heterocycles. The van der Waals surface area contributed by atoms with Gasteiger partial charge in [0.25, 0.3) is 0 Å². The van der Waals surface area contributed by atoms with Gasteiger partial charge >= 0.3 is 0 Å². The van der Waals surface area contributed by atoms with E-state index in [9.17, 15) is 8.42 Å². The fourth-order valence-electron chi connectivity index (χ4n) is 2.20. The Bertz CT molecular complexity index is 643. The van der Waals surface area contributed by atoms with Gasteiger partial charge in [-0.05, 0) is 69.2 Å². The summed E-state index contributed by atoms with van der Waals surface area (Å²) >= 11 is 6.05. The smallest absolute Gasteiger partial charge is 0.207 e. The van der Waals surface area contributed by atoms with Crippen molar-refractivity contribution < 1.29 is 8.42 Å². The molecule has 0 aliphatic heterocycles. The van der Waals surface area contributed by atoms with Gasteiger partial charge in [0.2, 0.25) is 10.0 Å². The van der Waals surface area contributed by atoms with Gasteiger partial charge in [0, 0.05) is 10.6 Å². The van der Waals surface area contributed by atoms with Gasteiger partial charge in [-0.3, -0.25) is 0 Å². The molecule has 1 aromatic rings. The van der Waals surface area contributed by atoms with Crippen LogP contribution in [0.5, 0.6) is 0 Å². The normalized spacial score (nSPS) is 13.5. The van der Waals surface area contributed by atoms with Crippen molar-refractivity contribution in [2.75, 3.05) is 0 Å². The fourth-order valence-corrected chi connectivity index (χ4v) is 4.17. The van der Waals surface area contributed by atoms with E-state index in [2.05, 4.69) is 25.5 Å². The number of halogens is 1. The summed E-state index contributed by atoms with van der Waals surface area (Å²) in [6.45, 7) is 13.9. The third-order valence-electron chi connectivity index (χ3n) is 3.66. The molecule has 0 saturated carbocycles. The first-order valence-electron chi connectivity index (χ1n) is 7.54. The van der Waals surface area contributed by atoms with Crippen molar-refractivity contribution in [3.8, 4) is 0 Å². The lowest BCUT2D eigenvalue weighted by Gasteiger charge is -2.30. The van der Waals surface area contributed by atoms with E-state index in [0.717, 1.165) is 18.4 Å². The average molecular weight is 346 g/mol. The summed E-state index contributed by atoms with van der Waals surface area (Å²) in [5.41, 5.74) is 1.11. The van der Waals surface area contributed by atoms with Crippen LogP contribution in [0.1, 0.15) is 58.6 Å². The summed E-state index contributed by atoms with van der Waals surface area (Å²) in [5, 5.41) is 0.587. The second-order valence-electron chi connectivity index (χ2n) is 7.92. The van der Waals surface area contributed by atoms with Crippen LogP contribution in [-0.4, -0.2) is 14.0 Å². The monoisotopic (exact) mass is 345 g/mol. The fraction of sp³-hybridized carbons (Fsp3) is 0.647. The number of sulfonamides is 1. The van der Waals surface area contributed by atoms with Gasteiger partial charge in [-0.2, -0.15) is 0 Å². The van der Waals surface area contributed by atoms with Crippen LogP contribution < -0.4 is 4.72 Å². The van der Waals surface area contributed by atoms with Gasteiger partial charge in [-0.25, -0.2) is 13.1 Å². The Morgan fingerprint density at radius 3 is 2.05 bits per heavy atom. The first-order chi connectivity index (χ1) is 9.73. The number of hydrogen-bond donors (Lipinski definition) is 1. The van der Waals surface area contributed by atoms with E-state index in [0.29, 0.717) is 15.5 Å². The van der Waals surface area contributed by atoms with Crippen molar-refractivity contribution >= 4 is 21.6 Å². The Morgan fingerprint density at radius 1 is 1.00 bits per heavy atom. The number of nitrogens with one attached hydrogen (secondary N) is 1. The van der Waals surface area contributed by atoms with Crippen LogP contribution in [0.15, 0.2) is 17.0 Å². The van der Waals surface area contributed by atoms with Crippen LogP contribution in [-0.2, 0) is 10.0 Å². The van der Waals surface area contributed by atoms with Crippen molar-refractivity contribution in [2.24, 2.45) is 5.41 Å². The molecule has 0 saturated heterocycles. The topological polar surface area (TPSA) is 46.2 Å². The summed E-state index contributed by atoms with van der Waals surface area (Å²) in [4.78, 5) is 0.304. The molecule has 22 heavy (non-hydrogen) atoms. The lowest BCUT2D eigenvalue weighted by atomic mass is 9.85. The maximum atomic E-state index is 12.7. The third kappa shape index (κ3) is 5.56. The Balaban J connectivity index is 3.03. The van der Waals surface area contributed by atoms with Crippen LogP contribution >= 0.6 is 11.6 Å². The Labute approximate surface area is 140 Å². The lowest BCUT2D eigenvalue weighted by Crippen LogP contribution is -2.44. The average Bonchev–Trinajstić information content (AvgIpc) is 2.29. The van der Waals surface area contributed by atoms with Gasteiger partial charge in [-0.15, -0.1) is 0 Å². The minimum atomic E-state index is -3.56. The molecule has 0 heterocycles. The molecule has 0 aliphatic rings. The molecule has 0 fully saturated rings. The van der Waals surface area contributed by atoms with Crippen molar-refractivity contribution in [1.29, 1.82) is 0 Å². The second-order valence-corrected chi connectivity index (χ2v) is 9.97. The summed E-state index contributed by atoms with van der Waals surface area (Å²) in [7, 11) is -3.56. The van der Waals surface area contributed by atoms with E-state index < -0.39 is 15.6 Å². The molecule has 1 rings (SSSR count). The molecule has 5 heteroatoms. The first kappa shape index (κ1) is 19.5. The van der Waals surface area contributed by atoms with Crippen molar-refractivity contribution in [3.63, 3.8) is 0 Å². The minimum Gasteiger partial charge on any atom is -0.207 e. The third-order valence-corrected chi connectivity index (χ3v) is 5.90. The Hall–Kier alpha value is -0.580. The van der Waals surface area contributed by atoms with Crippen LogP contribution in [0, 0.1) is 19.3 Å². The molecule has 0 amide bonds. The van der Waals surface area contributed by atoms with Gasteiger partial charge in [0.05, 0.1) is 4.90 Å². The van der Waals surface area contributed by atoms with E-state index >= 15 is 0 Å². The molecular weight excluding hydrogens is 318 g/mol. The quantitative estimate of drug-likeness (QED) is 0.829. The highest BCUT2D eigenvalue weighted by molar-refractivity contribution is 7.89. The Morgan fingerprint density at radius 2 is 1.55 bits per heavy atom. The minimum absolute atomic E-state index is 0.176. The molecular formula is C17H28ClNO2S. The Kier molecular flexibility index (Phi) is 5.75. The van der Waals surface area contributed by atoms with Crippen molar-refractivity contribution in [1.82, 2.24) is 4.72 Å². The van der Waals surface area contributed by atoms with E-state index in [1.54, 1.807) is 19.1 Å². The maximum absolute atomic E-state index is 12.7. The largest absolute Gasteiger partial charge is 0.241 e. The summed E-state index contributed by atoms with van der Waals surface area (Å²) in [6, 6.07) is 3.34. The SMILES string of the molecule is Cc1cc(S(=O)(=O)NC(C)(C)CCC(C)(C)C)c(C)cc1Cl.